The molecule has 0 aromatic rings. The highest BCUT2D eigenvalue weighted by atomic mass is 31.1. The zero-order valence-electron chi connectivity index (χ0n) is 53.9. The van der Waals surface area contributed by atoms with Crippen LogP contribution < -0.4 is 0 Å². The second kappa shape index (κ2) is 100. The molecule has 0 N–H and O–H groups in total. The molecule has 0 aliphatic rings. The van der Waals surface area contributed by atoms with Crippen molar-refractivity contribution < 1.29 is 13.6 Å². The fourth-order valence-electron chi connectivity index (χ4n) is 7.88. The molecule has 3 nitrogen and oxygen atoms in total. The van der Waals surface area contributed by atoms with Gasteiger partial charge in [0.1, 0.15) is 0 Å². The molecule has 0 radical (unpaired) electrons. The van der Waals surface area contributed by atoms with Gasteiger partial charge in [-0.1, -0.05) is 418 Å². The van der Waals surface area contributed by atoms with Crippen molar-refractivity contribution in [1.29, 1.82) is 0 Å². The van der Waals surface area contributed by atoms with Gasteiger partial charge in [-0.2, -0.15) is 0 Å². The molecule has 0 aromatic heterocycles. The monoisotopic (exact) mass is 1050 g/mol. The van der Waals surface area contributed by atoms with Crippen LogP contribution in [0, 0.1) is 0 Å². The van der Waals surface area contributed by atoms with Crippen LogP contribution in [0.15, 0.2) is 0 Å². The minimum Gasteiger partial charge on any atom is -0.311 e. The van der Waals surface area contributed by atoms with Crippen LogP contribution in [0.4, 0.5) is 0 Å². The van der Waals surface area contributed by atoms with Gasteiger partial charge in [-0.05, 0) is 12.8 Å². The quantitative estimate of drug-likeness (QED) is 0.0450. The summed E-state index contributed by atoms with van der Waals surface area (Å²) in [7, 11) is -2.18. The van der Waals surface area contributed by atoms with Crippen LogP contribution in [0.1, 0.15) is 431 Å². The Morgan fingerprint density at radius 3 is 0.361 bits per heavy atom. The Balaban J connectivity index is -0.000000137. The van der Waals surface area contributed by atoms with E-state index in [-0.39, 0.29) is 0 Å². The van der Waals surface area contributed by atoms with Crippen LogP contribution in [0.2, 0.25) is 0 Å². The lowest BCUT2D eigenvalue weighted by atomic mass is 10.1. The highest BCUT2D eigenvalue weighted by Crippen LogP contribution is 2.24. The maximum atomic E-state index is 10.9. The van der Waals surface area contributed by atoms with E-state index in [0.717, 1.165) is 25.7 Å². The molecule has 4 heteroatoms. The highest BCUT2D eigenvalue weighted by Gasteiger charge is 1.98. The lowest BCUT2D eigenvalue weighted by molar-refractivity contribution is 0.221. The number of rotatable bonds is 50. The van der Waals surface area contributed by atoms with Crippen molar-refractivity contribution in [1.82, 2.24) is 0 Å². The number of unbranched alkanes of at least 4 members (excludes halogenated alkanes) is 44. The predicted octanol–water partition coefficient (Wildman–Crippen LogP) is 27.9. The van der Waals surface area contributed by atoms with Gasteiger partial charge in [0.05, 0.1) is 13.2 Å². The zero-order valence-corrected chi connectivity index (χ0v) is 54.9. The molecule has 0 aliphatic carbocycles. The van der Waals surface area contributed by atoms with E-state index < -0.39 is 8.25 Å². The second-order valence-electron chi connectivity index (χ2n) is 21.4. The maximum absolute atomic E-state index is 10.9. The summed E-state index contributed by atoms with van der Waals surface area (Å²) in [6.45, 7) is 32.5. The van der Waals surface area contributed by atoms with Gasteiger partial charge in [-0.25, -0.2) is 0 Å². The van der Waals surface area contributed by atoms with E-state index in [1.54, 1.807) is 0 Å². The lowest BCUT2D eigenvalue weighted by Crippen LogP contribution is -1.90. The number of hydrogen-bond donors (Lipinski definition) is 0. The Bertz CT molecular complexity index is 576. The molecule has 0 saturated carbocycles. The van der Waals surface area contributed by atoms with E-state index in [1.807, 2.05) is 0 Å². The molecule has 0 bridgehead atoms. The first-order valence-corrected chi connectivity index (χ1v) is 35.3. The third-order valence-corrected chi connectivity index (χ3v) is 14.1. The van der Waals surface area contributed by atoms with Crippen LogP contribution in [-0.2, 0) is 13.6 Å². The Labute approximate surface area is 463 Å². The van der Waals surface area contributed by atoms with Gasteiger partial charge in [-0.15, -0.1) is 0 Å². The molecule has 72 heavy (non-hydrogen) atoms. The summed E-state index contributed by atoms with van der Waals surface area (Å²) in [5.74, 6) is 0. The summed E-state index contributed by atoms with van der Waals surface area (Å²) in [6.07, 6.45) is 72.8. The normalized spacial score (nSPS) is 10.3. The first-order valence-electron chi connectivity index (χ1n) is 34.1. The van der Waals surface area contributed by atoms with E-state index in [0.29, 0.717) is 13.2 Å². The maximum Gasteiger partial charge on any atom is 0.319 e. The van der Waals surface area contributed by atoms with Gasteiger partial charge in [0.2, 0.25) is 0 Å². The molecule has 0 heterocycles. The van der Waals surface area contributed by atoms with Crippen LogP contribution in [0.25, 0.3) is 0 Å². The summed E-state index contributed by atoms with van der Waals surface area (Å²) >= 11 is 0. The third kappa shape index (κ3) is 123. The first kappa shape index (κ1) is 86.1. The van der Waals surface area contributed by atoms with Crippen molar-refractivity contribution in [3.05, 3.63) is 0 Å². The molecule has 0 saturated heterocycles. The molecule has 0 amide bonds. The summed E-state index contributed by atoms with van der Waals surface area (Å²) in [5.41, 5.74) is 0. The second-order valence-corrected chi connectivity index (χ2v) is 22.5. The van der Waals surface area contributed by atoms with Crippen LogP contribution in [0.3, 0.4) is 0 Å². The average Bonchev–Trinajstić information content (AvgIpc) is 3.39. The molecule has 446 valence electrons. The largest absolute Gasteiger partial charge is 0.319 e. The summed E-state index contributed by atoms with van der Waals surface area (Å²) < 4.78 is 20.8. The Morgan fingerprint density at radius 2 is 0.264 bits per heavy atom. The molecule has 0 atom stereocenters. The molecule has 0 unspecified atom stereocenters. The summed E-state index contributed by atoms with van der Waals surface area (Å²) in [6, 6.07) is 0. The predicted molar refractivity (Wildman–Crippen MR) is 340 cm³/mol. The molecular weight excluding hydrogens is 896 g/mol. The van der Waals surface area contributed by atoms with Crippen molar-refractivity contribution in [3.63, 3.8) is 0 Å². The van der Waals surface area contributed by atoms with E-state index >= 15 is 0 Å². The van der Waals surface area contributed by atoms with Gasteiger partial charge < -0.3 is 9.05 Å². The summed E-state index contributed by atoms with van der Waals surface area (Å²) in [4.78, 5) is 0. The standard InChI is InChI=1S/6C10H22.C8H19O3P/c6*1-3-5-7-9-10-8-6-4-2;1-3-5-7-10-12(9)11-8-6-4-2/h6*3-10H2,1-2H3;12H,3-8H2,1-2H3. The average molecular weight is 1050 g/mol. The van der Waals surface area contributed by atoms with E-state index in [9.17, 15) is 4.57 Å². The zero-order chi connectivity index (χ0) is 55.2. The molecule has 0 spiro atoms. The molecule has 0 aliphatic heterocycles. The number of hydrogen-bond acceptors (Lipinski definition) is 3. The Hall–Kier alpha value is 0.150. The Kier molecular flexibility index (Phi) is 120. The fraction of sp³-hybridized carbons (Fsp3) is 1.00. The first-order chi connectivity index (χ1) is 35.3. The minimum absolute atomic E-state index is 0.556. The van der Waals surface area contributed by atoms with Crippen LogP contribution >= 0.6 is 8.25 Å². The van der Waals surface area contributed by atoms with Crippen molar-refractivity contribution in [2.24, 2.45) is 0 Å². The van der Waals surface area contributed by atoms with Crippen molar-refractivity contribution in [3.8, 4) is 0 Å². The van der Waals surface area contributed by atoms with Crippen molar-refractivity contribution in [2.45, 2.75) is 431 Å². The van der Waals surface area contributed by atoms with Gasteiger partial charge in [0.25, 0.3) is 0 Å². The Morgan fingerprint density at radius 1 is 0.167 bits per heavy atom. The van der Waals surface area contributed by atoms with Gasteiger partial charge >= 0.3 is 8.25 Å². The molecule has 0 aromatic carbocycles. The van der Waals surface area contributed by atoms with E-state index in [2.05, 4.69) is 96.9 Å². The third-order valence-electron chi connectivity index (χ3n) is 13.2. The SMILES string of the molecule is CCCCCCCCCC.CCCCCCCCCC.CCCCCCCCCC.CCCCCCCCCC.CCCCCCCCCC.CCCCCCCCCC.CCCCO[PH](=O)OCCCC. The molecular formula is C68H151O3P. The van der Waals surface area contributed by atoms with Gasteiger partial charge in [0, 0.05) is 0 Å². The smallest absolute Gasteiger partial charge is 0.311 e. The molecule has 0 fully saturated rings. The highest BCUT2D eigenvalue weighted by molar-refractivity contribution is 7.33. The molecule has 0 rings (SSSR count). The van der Waals surface area contributed by atoms with E-state index in [4.69, 9.17) is 9.05 Å². The topological polar surface area (TPSA) is 35.5 Å². The van der Waals surface area contributed by atoms with Gasteiger partial charge in [-0.3, -0.25) is 4.57 Å². The summed E-state index contributed by atoms with van der Waals surface area (Å²) in [5, 5.41) is 0. The van der Waals surface area contributed by atoms with Crippen molar-refractivity contribution in [2.75, 3.05) is 13.2 Å². The fourth-order valence-corrected chi connectivity index (χ4v) is 8.59. The van der Waals surface area contributed by atoms with Gasteiger partial charge in [0.15, 0.2) is 0 Å². The minimum atomic E-state index is -2.18. The van der Waals surface area contributed by atoms with Crippen molar-refractivity contribution >= 4 is 8.25 Å². The van der Waals surface area contributed by atoms with Crippen LogP contribution in [0.5, 0.6) is 0 Å². The van der Waals surface area contributed by atoms with Crippen LogP contribution in [-0.4, -0.2) is 13.2 Å². The lowest BCUT2D eigenvalue weighted by Gasteiger charge is -2.03. The van der Waals surface area contributed by atoms with E-state index in [1.165, 1.54) is 308 Å².